The van der Waals surface area contributed by atoms with Gasteiger partial charge in [0, 0.05) is 31.1 Å². The van der Waals surface area contributed by atoms with Crippen molar-refractivity contribution in [2.75, 3.05) is 18.7 Å². The molecule has 19 heavy (non-hydrogen) atoms. The molecular formula is C11H15ClN2O4S. The Kier molecular flexibility index (Phi) is 5.28. The smallest absolute Gasteiger partial charge is 0.258 e. The third-order valence-electron chi connectivity index (χ3n) is 2.88. The summed E-state index contributed by atoms with van der Waals surface area (Å²) in [6, 6.07) is 5.44. The second-order valence-corrected chi connectivity index (χ2v) is 6.58. The zero-order valence-corrected chi connectivity index (χ0v) is 12.2. The first-order valence-corrected chi connectivity index (χ1v) is 7.70. The molecule has 106 valence electrons. The fourth-order valence-corrected chi connectivity index (χ4v) is 3.26. The maximum Gasteiger partial charge on any atom is 0.269 e. The molecule has 0 saturated carbocycles. The van der Waals surface area contributed by atoms with Crippen LogP contribution in [0.15, 0.2) is 24.3 Å². The number of hydrogen-bond acceptors (Lipinski definition) is 4. The van der Waals surface area contributed by atoms with E-state index in [1.54, 1.807) is 13.0 Å². The van der Waals surface area contributed by atoms with Crippen LogP contribution in [0, 0.1) is 10.1 Å². The lowest BCUT2D eigenvalue weighted by Gasteiger charge is -2.24. The summed E-state index contributed by atoms with van der Waals surface area (Å²) in [5.41, 5.74) is 0.502. The summed E-state index contributed by atoms with van der Waals surface area (Å²) < 4.78 is 24.9. The lowest BCUT2D eigenvalue weighted by Crippen LogP contribution is -2.32. The van der Waals surface area contributed by atoms with Crippen molar-refractivity contribution < 1.29 is 13.3 Å². The van der Waals surface area contributed by atoms with Gasteiger partial charge in [0.25, 0.3) is 5.69 Å². The van der Waals surface area contributed by atoms with E-state index >= 15 is 0 Å². The molecule has 0 amide bonds. The number of nitro groups is 1. The molecule has 1 rings (SSSR count). The quantitative estimate of drug-likeness (QED) is 0.458. The Morgan fingerprint density at radius 3 is 2.63 bits per heavy atom. The highest BCUT2D eigenvalue weighted by Crippen LogP contribution is 2.25. The van der Waals surface area contributed by atoms with Crippen LogP contribution in [-0.2, 0) is 10.0 Å². The molecule has 1 unspecified atom stereocenters. The van der Waals surface area contributed by atoms with Crippen LogP contribution in [0.5, 0.6) is 0 Å². The molecule has 8 heteroatoms. The van der Waals surface area contributed by atoms with Crippen LogP contribution in [0.25, 0.3) is 0 Å². The molecule has 0 spiro atoms. The first-order valence-electron chi connectivity index (χ1n) is 5.55. The number of nitro benzene ring substituents is 1. The van der Waals surface area contributed by atoms with Gasteiger partial charge in [0.15, 0.2) is 0 Å². The van der Waals surface area contributed by atoms with E-state index in [2.05, 4.69) is 0 Å². The van der Waals surface area contributed by atoms with Gasteiger partial charge < -0.3 is 0 Å². The molecular weight excluding hydrogens is 292 g/mol. The molecule has 0 heterocycles. The fraction of sp³-hybridized carbons (Fsp3) is 0.455. The van der Waals surface area contributed by atoms with Crippen molar-refractivity contribution in [3.63, 3.8) is 0 Å². The van der Waals surface area contributed by atoms with Crippen LogP contribution >= 0.6 is 11.6 Å². The van der Waals surface area contributed by atoms with Crippen LogP contribution in [-0.4, -0.2) is 36.3 Å². The third kappa shape index (κ3) is 3.89. The van der Waals surface area contributed by atoms with Crippen molar-refractivity contribution in [1.29, 1.82) is 0 Å². The van der Waals surface area contributed by atoms with Gasteiger partial charge in [-0.05, 0) is 12.5 Å². The number of hydrogen-bond donors (Lipinski definition) is 0. The third-order valence-corrected chi connectivity index (χ3v) is 5.21. The van der Waals surface area contributed by atoms with E-state index in [0.717, 1.165) is 0 Å². The van der Waals surface area contributed by atoms with Crippen molar-refractivity contribution in [1.82, 2.24) is 4.31 Å². The molecule has 0 aliphatic rings. The molecule has 0 aliphatic carbocycles. The van der Waals surface area contributed by atoms with Gasteiger partial charge >= 0.3 is 0 Å². The first kappa shape index (κ1) is 15.9. The Bertz CT molecular complexity index is 562. The number of sulfonamides is 1. The van der Waals surface area contributed by atoms with Crippen molar-refractivity contribution in [2.45, 2.75) is 13.0 Å². The molecule has 0 radical (unpaired) electrons. The Balaban J connectivity index is 3.03. The fourth-order valence-electron chi connectivity index (χ4n) is 1.59. The number of halogens is 1. The predicted molar refractivity (Wildman–Crippen MR) is 73.8 cm³/mol. The van der Waals surface area contributed by atoms with E-state index < -0.39 is 21.0 Å². The number of non-ortho nitro benzene ring substituents is 1. The topological polar surface area (TPSA) is 80.5 Å². The monoisotopic (exact) mass is 306 g/mol. The summed E-state index contributed by atoms with van der Waals surface area (Å²) >= 11 is 5.45. The van der Waals surface area contributed by atoms with Crippen molar-refractivity contribution >= 4 is 27.3 Å². The zero-order valence-electron chi connectivity index (χ0n) is 10.6. The number of benzene rings is 1. The summed E-state index contributed by atoms with van der Waals surface area (Å²) in [4.78, 5) is 10.2. The van der Waals surface area contributed by atoms with E-state index in [1.807, 2.05) is 0 Å². The van der Waals surface area contributed by atoms with E-state index in [4.69, 9.17) is 11.6 Å². The van der Waals surface area contributed by atoms with Crippen LogP contribution < -0.4 is 0 Å². The van der Waals surface area contributed by atoms with Crippen LogP contribution in [0.3, 0.4) is 0 Å². The van der Waals surface area contributed by atoms with Crippen LogP contribution in [0.1, 0.15) is 18.5 Å². The highest BCUT2D eigenvalue weighted by Gasteiger charge is 2.24. The highest BCUT2D eigenvalue weighted by atomic mass is 35.5. The predicted octanol–water partition coefficient (Wildman–Crippen LogP) is 2.16. The van der Waals surface area contributed by atoms with E-state index in [-0.39, 0.29) is 17.3 Å². The molecule has 0 saturated heterocycles. The Hall–Kier alpha value is -1.18. The summed E-state index contributed by atoms with van der Waals surface area (Å²) in [6.07, 6.45) is 0. The van der Waals surface area contributed by atoms with E-state index in [1.165, 1.54) is 29.6 Å². The number of rotatable bonds is 6. The summed E-state index contributed by atoms with van der Waals surface area (Å²) in [5, 5.41) is 10.7. The minimum atomic E-state index is -3.46. The molecule has 0 bridgehead atoms. The molecule has 0 N–H and O–H groups in total. The second-order valence-electron chi connectivity index (χ2n) is 4.05. The molecule has 0 fully saturated rings. The van der Waals surface area contributed by atoms with Crippen LogP contribution in [0.4, 0.5) is 5.69 Å². The molecule has 1 aromatic carbocycles. The highest BCUT2D eigenvalue weighted by molar-refractivity contribution is 7.89. The summed E-state index contributed by atoms with van der Waals surface area (Å²) in [5.74, 6) is -0.154. The van der Waals surface area contributed by atoms with Gasteiger partial charge in [-0.15, -0.1) is 11.6 Å². The van der Waals surface area contributed by atoms with Gasteiger partial charge in [0.05, 0.1) is 10.7 Å². The van der Waals surface area contributed by atoms with E-state index in [0.29, 0.717) is 5.56 Å². The molecule has 0 aliphatic heterocycles. The van der Waals surface area contributed by atoms with Gasteiger partial charge in [0.2, 0.25) is 10.0 Å². The maximum atomic E-state index is 11.9. The van der Waals surface area contributed by atoms with Crippen molar-refractivity contribution in [3.05, 3.63) is 39.9 Å². The van der Waals surface area contributed by atoms with Crippen molar-refractivity contribution in [2.24, 2.45) is 0 Å². The average molecular weight is 307 g/mol. The minimum Gasteiger partial charge on any atom is -0.258 e. The number of nitrogens with zero attached hydrogens (tertiary/aromatic N) is 2. The SMILES string of the molecule is CC(c1cccc([N+](=O)[O-])c1)N(C)S(=O)(=O)CCCl. The van der Waals surface area contributed by atoms with Crippen molar-refractivity contribution in [3.8, 4) is 0 Å². The first-order chi connectivity index (χ1) is 8.79. The molecule has 1 atom stereocenters. The normalized spacial score (nSPS) is 13.5. The largest absolute Gasteiger partial charge is 0.269 e. The minimum absolute atomic E-state index is 0.00826. The standard InChI is InChI=1S/C11H15ClN2O4S/c1-9(13(2)19(17,18)7-6-12)10-4-3-5-11(8-10)14(15)16/h3-5,8-9H,6-7H2,1-2H3. The molecule has 6 nitrogen and oxygen atoms in total. The number of alkyl halides is 1. The van der Waals surface area contributed by atoms with Gasteiger partial charge in [-0.3, -0.25) is 10.1 Å². The average Bonchev–Trinajstić information content (AvgIpc) is 2.37. The van der Waals surface area contributed by atoms with E-state index in [9.17, 15) is 18.5 Å². The van der Waals surface area contributed by atoms with Gasteiger partial charge in [-0.1, -0.05) is 12.1 Å². The Morgan fingerprint density at radius 1 is 1.47 bits per heavy atom. The van der Waals surface area contributed by atoms with Gasteiger partial charge in [-0.25, -0.2) is 8.42 Å². The second kappa shape index (κ2) is 6.31. The molecule has 0 aromatic heterocycles. The maximum absolute atomic E-state index is 11.9. The lowest BCUT2D eigenvalue weighted by atomic mass is 10.1. The molecule has 1 aromatic rings. The van der Waals surface area contributed by atoms with Gasteiger partial charge in [-0.2, -0.15) is 4.31 Å². The Labute approximate surface area is 117 Å². The zero-order chi connectivity index (χ0) is 14.6. The Morgan fingerprint density at radius 2 is 2.11 bits per heavy atom. The van der Waals surface area contributed by atoms with Crippen LogP contribution in [0.2, 0.25) is 0 Å². The summed E-state index contributed by atoms with van der Waals surface area (Å²) in [7, 11) is -2.02. The summed E-state index contributed by atoms with van der Waals surface area (Å²) in [6.45, 7) is 1.67. The van der Waals surface area contributed by atoms with Gasteiger partial charge in [0.1, 0.15) is 0 Å². The lowest BCUT2D eigenvalue weighted by molar-refractivity contribution is -0.384.